The van der Waals surface area contributed by atoms with Crippen LogP contribution in [0, 0.1) is 40.4 Å². The molecular weight excluding hydrogens is 146 g/mol. The highest BCUT2D eigenvalue weighted by molar-refractivity contribution is 5.10. The van der Waals surface area contributed by atoms with Crippen LogP contribution < -0.4 is 0 Å². The summed E-state index contributed by atoms with van der Waals surface area (Å²) in [4.78, 5) is 0. The van der Waals surface area contributed by atoms with Crippen molar-refractivity contribution in [1.29, 1.82) is 5.26 Å². The molecule has 0 spiro atoms. The van der Waals surface area contributed by atoms with Gasteiger partial charge in [0.25, 0.3) is 0 Å². The highest BCUT2D eigenvalue weighted by Crippen LogP contribution is 2.60. The molecule has 0 bridgehead atoms. The van der Waals surface area contributed by atoms with Crippen molar-refractivity contribution >= 4 is 0 Å². The van der Waals surface area contributed by atoms with Crippen LogP contribution in [0.2, 0.25) is 0 Å². The molecule has 0 aromatic heterocycles. The Hall–Kier alpha value is -0.510. The molecule has 0 N–H and O–H groups in total. The predicted molar refractivity (Wildman–Crippen MR) is 48.3 cm³/mol. The Balaban J connectivity index is 1.81. The first-order valence-electron chi connectivity index (χ1n) is 4.96. The lowest BCUT2D eigenvalue weighted by molar-refractivity contribution is 0.494. The van der Waals surface area contributed by atoms with Crippen molar-refractivity contribution in [2.24, 2.45) is 29.1 Å². The molecule has 0 radical (unpaired) electrons. The van der Waals surface area contributed by atoms with Gasteiger partial charge in [0.2, 0.25) is 0 Å². The van der Waals surface area contributed by atoms with Crippen molar-refractivity contribution in [1.82, 2.24) is 0 Å². The molecule has 2 rings (SSSR count). The van der Waals surface area contributed by atoms with Gasteiger partial charge in [0.05, 0.1) is 12.0 Å². The number of hydrogen-bond acceptors (Lipinski definition) is 1. The van der Waals surface area contributed by atoms with Crippen LogP contribution in [0.25, 0.3) is 0 Å². The third-order valence-corrected chi connectivity index (χ3v) is 3.99. The first-order valence-corrected chi connectivity index (χ1v) is 4.96. The van der Waals surface area contributed by atoms with Gasteiger partial charge in [-0.25, -0.2) is 0 Å². The molecule has 0 aromatic rings. The van der Waals surface area contributed by atoms with E-state index in [-0.39, 0.29) is 0 Å². The Bertz CT molecular complexity index is 236. The molecule has 3 unspecified atom stereocenters. The van der Waals surface area contributed by atoms with E-state index in [4.69, 9.17) is 5.26 Å². The van der Waals surface area contributed by atoms with Gasteiger partial charge in [0.1, 0.15) is 0 Å². The molecule has 2 fully saturated rings. The lowest BCUT2D eigenvalue weighted by atomic mass is 10.0. The van der Waals surface area contributed by atoms with Gasteiger partial charge in [0.15, 0.2) is 0 Å². The molecule has 0 amide bonds. The summed E-state index contributed by atoms with van der Waals surface area (Å²) in [6.45, 7) is 6.89. The first kappa shape index (κ1) is 8.10. The van der Waals surface area contributed by atoms with E-state index in [0.717, 1.165) is 11.8 Å². The molecule has 0 aromatic carbocycles. The molecule has 1 heteroatoms. The minimum absolute atomic E-state index is 0.390. The standard InChI is InChI=1S/C11H17N/c1-7-9(10(7)6-12)4-8-5-11(8,2)3/h7-10H,4-5H2,1-3H3/t7?,8-,9?,10?/m0/s1. The van der Waals surface area contributed by atoms with E-state index in [1.165, 1.54) is 12.8 Å². The zero-order valence-electron chi connectivity index (χ0n) is 8.17. The van der Waals surface area contributed by atoms with Crippen LogP contribution in [0.4, 0.5) is 0 Å². The van der Waals surface area contributed by atoms with E-state index in [9.17, 15) is 0 Å². The lowest BCUT2D eigenvalue weighted by Gasteiger charge is -2.00. The van der Waals surface area contributed by atoms with Crippen molar-refractivity contribution in [2.45, 2.75) is 33.6 Å². The fourth-order valence-corrected chi connectivity index (χ4v) is 2.43. The van der Waals surface area contributed by atoms with Gasteiger partial charge in [-0.1, -0.05) is 20.8 Å². The predicted octanol–water partition coefficient (Wildman–Crippen LogP) is 2.83. The molecule has 2 aliphatic rings. The van der Waals surface area contributed by atoms with Gasteiger partial charge >= 0.3 is 0 Å². The third-order valence-electron chi connectivity index (χ3n) is 3.99. The molecule has 4 atom stereocenters. The minimum Gasteiger partial charge on any atom is -0.198 e. The zero-order chi connectivity index (χ0) is 8.93. The maximum atomic E-state index is 8.76. The van der Waals surface area contributed by atoms with Crippen molar-refractivity contribution < 1.29 is 0 Å². The molecule has 12 heavy (non-hydrogen) atoms. The van der Waals surface area contributed by atoms with Gasteiger partial charge in [-0.15, -0.1) is 0 Å². The number of nitriles is 1. The molecule has 0 heterocycles. The third kappa shape index (κ3) is 1.14. The Kier molecular flexibility index (Phi) is 1.52. The van der Waals surface area contributed by atoms with E-state index >= 15 is 0 Å². The Labute approximate surface area is 74.8 Å². The summed E-state index contributed by atoms with van der Waals surface area (Å²) >= 11 is 0. The van der Waals surface area contributed by atoms with Crippen LogP contribution >= 0.6 is 0 Å². The summed E-state index contributed by atoms with van der Waals surface area (Å²) in [7, 11) is 0. The molecule has 66 valence electrons. The van der Waals surface area contributed by atoms with E-state index in [1.54, 1.807) is 0 Å². The van der Waals surface area contributed by atoms with Crippen molar-refractivity contribution in [3.63, 3.8) is 0 Å². The molecule has 2 aliphatic carbocycles. The van der Waals surface area contributed by atoms with Crippen LogP contribution in [-0.2, 0) is 0 Å². The lowest BCUT2D eigenvalue weighted by Crippen LogP contribution is -1.92. The van der Waals surface area contributed by atoms with Crippen LogP contribution in [-0.4, -0.2) is 0 Å². The Morgan fingerprint density at radius 1 is 1.50 bits per heavy atom. The average Bonchev–Trinajstić information content (AvgIpc) is 2.77. The summed E-state index contributed by atoms with van der Waals surface area (Å²) in [5.41, 5.74) is 0.600. The summed E-state index contributed by atoms with van der Waals surface area (Å²) in [5, 5.41) is 8.76. The zero-order valence-corrected chi connectivity index (χ0v) is 8.17. The van der Waals surface area contributed by atoms with E-state index in [0.29, 0.717) is 17.3 Å². The normalized spacial score (nSPS) is 48.2. The maximum absolute atomic E-state index is 8.76. The van der Waals surface area contributed by atoms with Gasteiger partial charge < -0.3 is 0 Å². The summed E-state index contributed by atoms with van der Waals surface area (Å²) < 4.78 is 0. The second-order valence-electron chi connectivity index (χ2n) is 5.30. The second kappa shape index (κ2) is 2.25. The van der Waals surface area contributed by atoms with Crippen molar-refractivity contribution in [3.8, 4) is 6.07 Å². The number of rotatable bonds is 2. The Morgan fingerprint density at radius 2 is 2.08 bits per heavy atom. The molecule has 0 saturated heterocycles. The van der Waals surface area contributed by atoms with Gasteiger partial charge in [0, 0.05) is 0 Å². The topological polar surface area (TPSA) is 23.8 Å². The van der Waals surface area contributed by atoms with E-state index in [2.05, 4.69) is 26.8 Å². The van der Waals surface area contributed by atoms with Gasteiger partial charge in [-0.2, -0.15) is 5.26 Å². The largest absolute Gasteiger partial charge is 0.198 e. The molecule has 1 nitrogen and oxygen atoms in total. The minimum atomic E-state index is 0.390. The Morgan fingerprint density at radius 3 is 2.42 bits per heavy atom. The van der Waals surface area contributed by atoms with Gasteiger partial charge in [-0.05, 0) is 36.0 Å². The monoisotopic (exact) mass is 163 g/mol. The maximum Gasteiger partial charge on any atom is 0.0661 e. The smallest absolute Gasteiger partial charge is 0.0661 e. The SMILES string of the molecule is CC1C(C#N)C1C[C@H]1CC1(C)C. The number of nitrogens with zero attached hydrogens (tertiary/aromatic N) is 1. The van der Waals surface area contributed by atoms with Crippen LogP contribution in [0.3, 0.4) is 0 Å². The summed E-state index contributed by atoms with van der Waals surface area (Å²) in [5.74, 6) is 2.73. The van der Waals surface area contributed by atoms with Crippen molar-refractivity contribution in [2.75, 3.05) is 0 Å². The van der Waals surface area contributed by atoms with E-state index < -0.39 is 0 Å². The molecule has 0 aliphatic heterocycles. The highest BCUT2D eigenvalue weighted by atomic mass is 14.6. The fraction of sp³-hybridized carbons (Fsp3) is 0.909. The summed E-state index contributed by atoms with van der Waals surface area (Å²) in [6.07, 6.45) is 2.70. The van der Waals surface area contributed by atoms with Crippen LogP contribution in [0.15, 0.2) is 0 Å². The van der Waals surface area contributed by atoms with Crippen molar-refractivity contribution in [3.05, 3.63) is 0 Å². The number of hydrogen-bond donors (Lipinski definition) is 0. The first-order chi connectivity index (χ1) is 5.56. The van der Waals surface area contributed by atoms with Crippen LogP contribution in [0.5, 0.6) is 0 Å². The molecular formula is C11H17N. The fourth-order valence-electron chi connectivity index (χ4n) is 2.43. The van der Waals surface area contributed by atoms with Crippen LogP contribution in [0.1, 0.15) is 33.6 Å². The average molecular weight is 163 g/mol. The second-order valence-corrected chi connectivity index (χ2v) is 5.30. The summed E-state index contributed by atoms with van der Waals surface area (Å²) in [6, 6.07) is 2.40. The molecule has 2 saturated carbocycles. The van der Waals surface area contributed by atoms with Gasteiger partial charge in [-0.3, -0.25) is 0 Å². The highest BCUT2D eigenvalue weighted by Gasteiger charge is 2.54. The van der Waals surface area contributed by atoms with E-state index in [1.807, 2.05) is 0 Å². The quantitative estimate of drug-likeness (QED) is 0.614.